The summed E-state index contributed by atoms with van der Waals surface area (Å²) in [4.78, 5) is 18.6. The Morgan fingerprint density at radius 3 is 2.59 bits per heavy atom. The van der Waals surface area contributed by atoms with E-state index >= 15 is 0 Å². The van der Waals surface area contributed by atoms with Crippen molar-refractivity contribution in [3.05, 3.63) is 77.8 Å². The fraction of sp³-hybridized carbons (Fsp3) is 0.318. The summed E-state index contributed by atoms with van der Waals surface area (Å²) in [6, 6.07) is 18.1. The number of nitrogens with zero attached hydrogens (tertiary/aromatic N) is 3. The van der Waals surface area contributed by atoms with Crippen LogP contribution in [0.1, 0.15) is 24.1 Å². The van der Waals surface area contributed by atoms with E-state index in [9.17, 15) is 10.1 Å². The number of amides is 1. The molecule has 0 radical (unpaired) electrons. The number of carbonyl (C=O) groups is 1. The molecule has 1 amide bonds. The van der Waals surface area contributed by atoms with Crippen molar-refractivity contribution in [2.24, 2.45) is 5.92 Å². The Bertz CT molecular complexity index is 803. The van der Waals surface area contributed by atoms with Gasteiger partial charge in [0.25, 0.3) is 5.91 Å². The molecule has 5 nitrogen and oxygen atoms in total. The van der Waals surface area contributed by atoms with E-state index in [1.165, 1.54) is 11.8 Å². The van der Waals surface area contributed by atoms with Gasteiger partial charge in [-0.1, -0.05) is 36.4 Å². The van der Waals surface area contributed by atoms with Crippen LogP contribution >= 0.6 is 0 Å². The van der Waals surface area contributed by atoms with Crippen LogP contribution in [0.4, 0.5) is 0 Å². The third-order valence-corrected chi connectivity index (χ3v) is 4.88. The zero-order chi connectivity index (χ0) is 18.9. The average Bonchev–Trinajstić information content (AvgIpc) is 2.73. The Balaban J connectivity index is 1.49. The van der Waals surface area contributed by atoms with E-state index < -0.39 is 0 Å². The normalized spacial score (nSPS) is 15.2. The van der Waals surface area contributed by atoms with Crippen LogP contribution in [0.2, 0.25) is 0 Å². The molecule has 1 N–H and O–H groups in total. The molecule has 0 bridgehead atoms. The van der Waals surface area contributed by atoms with Crippen molar-refractivity contribution in [2.75, 3.05) is 13.1 Å². The first-order valence-electron chi connectivity index (χ1n) is 9.33. The standard InChI is InChI=1S/C22H24N4O/c23-15-20(16-24-17-21-8-4-5-11-25-21)22(27)26-12-9-19(10-13-26)14-18-6-2-1-3-7-18/h1-8,11,16,19,24H,9-10,12-14,17H2/b20-16-. The van der Waals surface area contributed by atoms with Gasteiger partial charge in [0.1, 0.15) is 11.6 Å². The zero-order valence-electron chi connectivity index (χ0n) is 15.3. The maximum absolute atomic E-state index is 12.6. The summed E-state index contributed by atoms with van der Waals surface area (Å²) in [5.74, 6) is 0.400. The number of hydrogen-bond acceptors (Lipinski definition) is 4. The summed E-state index contributed by atoms with van der Waals surface area (Å²) in [5.41, 5.74) is 2.35. The third kappa shape index (κ3) is 5.42. The van der Waals surface area contributed by atoms with Crippen LogP contribution in [0.5, 0.6) is 0 Å². The second-order valence-electron chi connectivity index (χ2n) is 6.80. The Kier molecular flexibility index (Phi) is 6.59. The number of benzene rings is 1. The smallest absolute Gasteiger partial charge is 0.265 e. The minimum Gasteiger partial charge on any atom is -0.384 e. The topological polar surface area (TPSA) is 69.0 Å². The van der Waals surface area contributed by atoms with Crippen LogP contribution in [0.3, 0.4) is 0 Å². The van der Waals surface area contributed by atoms with Gasteiger partial charge in [-0.3, -0.25) is 9.78 Å². The van der Waals surface area contributed by atoms with Gasteiger partial charge in [0, 0.05) is 25.5 Å². The number of likely N-dealkylation sites (tertiary alicyclic amines) is 1. The molecule has 2 heterocycles. The molecular weight excluding hydrogens is 336 g/mol. The molecule has 3 rings (SSSR count). The highest BCUT2D eigenvalue weighted by atomic mass is 16.2. The van der Waals surface area contributed by atoms with E-state index in [0.29, 0.717) is 25.6 Å². The highest BCUT2D eigenvalue weighted by Gasteiger charge is 2.25. The summed E-state index contributed by atoms with van der Waals surface area (Å²) in [6.45, 7) is 1.89. The maximum Gasteiger partial charge on any atom is 0.265 e. The highest BCUT2D eigenvalue weighted by Crippen LogP contribution is 2.22. The molecular formula is C22H24N4O. The molecule has 138 valence electrons. The van der Waals surface area contributed by atoms with E-state index in [2.05, 4.69) is 34.6 Å². The lowest BCUT2D eigenvalue weighted by atomic mass is 9.90. The van der Waals surface area contributed by atoms with Crippen molar-refractivity contribution in [1.29, 1.82) is 5.26 Å². The lowest BCUT2D eigenvalue weighted by Crippen LogP contribution is -2.39. The third-order valence-electron chi connectivity index (χ3n) is 4.88. The molecule has 0 aliphatic carbocycles. The van der Waals surface area contributed by atoms with Gasteiger partial charge in [-0.25, -0.2) is 0 Å². The van der Waals surface area contributed by atoms with Crippen LogP contribution in [-0.2, 0) is 17.8 Å². The van der Waals surface area contributed by atoms with Crippen LogP contribution < -0.4 is 5.32 Å². The SMILES string of the molecule is N#C/C(=C/NCc1ccccn1)C(=O)N1CCC(Cc2ccccc2)CC1. The number of hydrogen-bond donors (Lipinski definition) is 1. The van der Waals surface area contributed by atoms with Crippen molar-refractivity contribution in [1.82, 2.24) is 15.2 Å². The molecule has 0 unspecified atom stereocenters. The molecule has 1 saturated heterocycles. The van der Waals surface area contributed by atoms with Gasteiger partial charge >= 0.3 is 0 Å². The lowest BCUT2D eigenvalue weighted by molar-refractivity contribution is -0.128. The summed E-state index contributed by atoms with van der Waals surface area (Å²) < 4.78 is 0. The van der Waals surface area contributed by atoms with E-state index in [4.69, 9.17) is 0 Å². The Morgan fingerprint density at radius 1 is 1.19 bits per heavy atom. The number of aromatic nitrogens is 1. The number of pyridine rings is 1. The van der Waals surface area contributed by atoms with Crippen molar-refractivity contribution < 1.29 is 4.79 Å². The predicted octanol–water partition coefficient (Wildman–Crippen LogP) is 3.06. The maximum atomic E-state index is 12.6. The van der Waals surface area contributed by atoms with Gasteiger partial charge in [0.05, 0.1) is 12.2 Å². The molecule has 0 atom stereocenters. The summed E-state index contributed by atoms with van der Waals surface area (Å²) in [6.07, 6.45) is 6.22. The minimum absolute atomic E-state index is 0.146. The predicted molar refractivity (Wildman–Crippen MR) is 104 cm³/mol. The lowest BCUT2D eigenvalue weighted by Gasteiger charge is -2.32. The number of rotatable bonds is 6. The van der Waals surface area contributed by atoms with Crippen LogP contribution in [0, 0.1) is 17.2 Å². The van der Waals surface area contributed by atoms with Gasteiger partial charge in [0.2, 0.25) is 0 Å². The molecule has 1 aromatic heterocycles. The van der Waals surface area contributed by atoms with Gasteiger partial charge in [-0.05, 0) is 42.9 Å². The summed E-state index contributed by atoms with van der Waals surface area (Å²) in [5, 5.41) is 12.4. The van der Waals surface area contributed by atoms with Crippen molar-refractivity contribution in [3.8, 4) is 6.07 Å². The number of nitriles is 1. The second-order valence-corrected chi connectivity index (χ2v) is 6.80. The number of carbonyl (C=O) groups excluding carboxylic acids is 1. The number of piperidine rings is 1. The zero-order valence-corrected chi connectivity index (χ0v) is 15.3. The monoisotopic (exact) mass is 360 g/mol. The van der Waals surface area contributed by atoms with Crippen LogP contribution in [0.15, 0.2) is 66.5 Å². The first-order chi connectivity index (χ1) is 13.3. The minimum atomic E-state index is -0.191. The van der Waals surface area contributed by atoms with E-state index in [0.717, 1.165) is 25.0 Å². The first kappa shape index (κ1) is 18.7. The van der Waals surface area contributed by atoms with Crippen LogP contribution in [0.25, 0.3) is 0 Å². The Hall–Kier alpha value is -3.13. The molecule has 1 aromatic carbocycles. The van der Waals surface area contributed by atoms with Gasteiger partial charge < -0.3 is 10.2 Å². The molecule has 1 aliphatic rings. The Labute approximate surface area is 160 Å². The molecule has 27 heavy (non-hydrogen) atoms. The summed E-state index contributed by atoms with van der Waals surface area (Å²) >= 11 is 0. The van der Waals surface area contributed by atoms with Gasteiger partial charge in [0.15, 0.2) is 0 Å². The average molecular weight is 360 g/mol. The van der Waals surface area contributed by atoms with Gasteiger partial charge in [-0.2, -0.15) is 5.26 Å². The molecule has 1 fully saturated rings. The quantitative estimate of drug-likeness (QED) is 0.635. The molecule has 0 spiro atoms. The van der Waals surface area contributed by atoms with Crippen molar-refractivity contribution >= 4 is 5.91 Å². The van der Waals surface area contributed by atoms with E-state index in [1.807, 2.05) is 30.3 Å². The first-order valence-corrected chi connectivity index (χ1v) is 9.33. The molecule has 0 saturated carbocycles. The highest BCUT2D eigenvalue weighted by molar-refractivity contribution is 5.97. The largest absolute Gasteiger partial charge is 0.384 e. The second kappa shape index (κ2) is 9.54. The van der Waals surface area contributed by atoms with Crippen molar-refractivity contribution in [3.63, 3.8) is 0 Å². The van der Waals surface area contributed by atoms with Crippen molar-refractivity contribution in [2.45, 2.75) is 25.8 Å². The summed E-state index contributed by atoms with van der Waals surface area (Å²) in [7, 11) is 0. The fourth-order valence-corrected chi connectivity index (χ4v) is 3.36. The molecule has 2 aromatic rings. The fourth-order valence-electron chi connectivity index (χ4n) is 3.36. The van der Waals surface area contributed by atoms with E-state index in [1.54, 1.807) is 11.1 Å². The van der Waals surface area contributed by atoms with E-state index in [-0.39, 0.29) is 11.5 Å². The number of nitrogens with one attached hydrogen (secondary N) is 1. The van der Waals surface area contributed by atoms with Gasteiger partial charge in [-0.15, -0.1) is 0 Å². The Morgan fingerprint density at radius 2 is 1.93 bits per heavy atom. The van der Waals surface area contributed by atoms with Crippen LogP contribution in [-0.4, -0.2) is 28.9 Å². The molecule has 5 heteroatoms. The molecule has 1 aliphatic heterocycles.